The highest BCUT2D eigenvalue weighted by Crippen LogP contribution is 2.15. The quantitative estimate of drug-likeness (QED) is 0.800. The molecular formula is C12H19N5O. The summed E-state index contributed by atoms with van der Waals surface area (Å²) in [6, 6.07) is 0.235. The van der Waals surface area contributed by atoms with Gasteiger partial charge in [0.15, 0.2) is 11.5 Å². The third kappa shape index (κ3) is 2.59. The molecule has 18 heavy (non-hydrogen) atoms. The van der Waals surface area contributed by atoms with Gasteiger partial charge in [0, 0.05) is 31.5 Å². The Kier molecular flexibility index (Phi) is 4.09. The van der Waals surface area contributed by atoms with Crippen molar-refractivity contribution in [1.29, 1.82) is 0 Å². The molecule has 0 aliphatic carbocycles. The number of carbonyl (C=O) groups excluding carboxylic acids is 1. The Bertz CT molecular complexity index is 417. The number of hydrogen-bond acceptors (Lipinski definition) is 5. The van der Waals surface area contributed by atoms with Crippen LogP contribution in [0.25, 0.3) is 0 Å². The first-order valence-corrected chi connectivity index (χ1v) is 6.32. The predicted molar refractivity (Wildman–Crippen MR) is 69.0 cm³/mol. The molecule has 0 radical (unpaired) electrons. The molecule has 1 atom stereocenters. The lowest BCUT2D eigenvalue weighted by Crippen LogP contribution is -2.42. The minimum atomic E-state index is -0.115. The number of nitrogen functional groups attached to an aromatic ring is 1. The van der Waals surface area contributed by atoms with Crippen LogP contribution < -0.4 is 11.1 Å². The van der Waals surface area contributed by atoms with E-state index in [9.17, 15) is 4.79 Å². The summed E-state index contributed by atoms with van der Waals surface area (Å²) in [5.41, 5.74) is 5.98. The Morgan fingerprint density at radius 1 is 1.56 bits per heavy atom. The molecule has 0 bridgehead atoms. The summed E-state index contributed by atoms with van der Waals surface area (Å²) in [6.07, 6.45) is 4.89. The number of nitrogens with zero attached hydrogens (tertiary/aromatic N) is 3. The van der Waals surface area contributed by atoms with E-state index in [1.165, 1.54) is 12.4 Å². The summed E-state index contributed by atoms with van der Waals surface area (Å²) < 4.78 is 0. The fraction of sp³-hybridized carbons (Fsp3) is 0.583. The third-order valence-electron chi connectivity index (χ3n) is 3.13. The minimum Gasteiger partial charge on any atom is -0.382 e. The lowest BCUT2D eigenvalue weighted by Gasteiger charge is -2.28. The number of anilines is 1. The van der Waals surface area contributed by atoms with Gasteiger partial charge < -0.3 is 16.0 Å². The summed E-state index contributed by atoms with van der Waals surface area (Å²) >= 11 is 0. The lowest BCUT2D eigenvalue weighted by molar-refractivity contribution is 0.0687. The van der Waals surface area contributed by atoms with Crippen LogP contribution >= 0.6 is 0 Å². The molecule has 0 saturated carbocycles. The van der Waals surface area contributed by atoms with Crippen molar-refractivity contribution in [2.45, 2.75) is 25.8 Å². The minimum absolute atomic E-state index is 0.115. The van der Waals surface area contributed by atoms with Crippen LogP contribution in [0, 0.1) is 0 Å². The molecule has 2 heterocycles. The zero-order valence-electron chi connectivity index (χ0n) is 10.6. The van der Waals surface area contributed by atoms with Crippen LogP contribution in [0.15, 0.2) is 12.4 Å². The molecular weight excluding hydrogens is 230 g/mol. The highest BCUT2D eigenvalue weighted by molar-refractivity contribution is 5.96. The van der Waals surface area contributed by atoms with Gasteiger partial charge in [-0.15, -0.1) is 0 Å². The van der Waals surface area contributed by atoms with Crippen molar-refractivity contribution < 1.29 is 4.79 Å². The Hall–Kier alpha value is -1.69. The smallest absolute Gasteiger partial charge is 0.276 e. The molecule has 1 aromatic rings. The van der Waals surface area contributed by atoms with E-state index in [4.69, 9.17) is 5.73 Å². The first-order chi connectivity index (χ1) is 8.74. The van der Waals surface area contributed by atoms with Crippen molar-refractivity contribution in [3.63, 3.8) is 0 Å². The van der Waals surface area contributed by atoms with Gasteiger partial charge in [0.25, 0.3) is 5.91 Å². The van der Waals surface area contributed by atoms with Crippen molar-refractivity contribution >= 4 is 11.7 Å². The van der Waals surface area contributed by atoms with Crippen LogP contribution in [-0.4, -0.2) is 46.5 Å². The Morgan fingerprint density at radius 2 is 2.33 bits per heavy atom. The van der Waals surface area contributed by atoms with E-state index in [0.29, 0.717) is 0 Å². The van der Waals surface area contributed by atoms with Crippen LogP contribution in [0.4, 0.5) is 5.82 Å². The van der Waals surface area contributed by atoms with Gasteiger partial charge in [-0.05, 0) is 19.4 Å². The molecule has 1 amide bonds. The van der Waals surface area contributed by atoms with Crippen LogP contribution in [0.2, 0.25) is 0 Å². The summed E-state index contributed by atoms with van der Waals surface area (Å²) in [4.78, 5) is 22.3. The van der Waals surface area contributed by atoms with Crippen molar-refractivity contribution in [2.24, 2.45) is 0 Å². The van der Waals surface area contributed by atoms with Gasteiger partial charge in [-0.25, -0.2) is 9.97 Å². The van der Waals surface area contributed by atoms with Crippen LogP contribution in [0.1, 0.15) is 30.3 Å². The largest absolute Gasteiger partial charge is 0.382 e. The van der Waals surface area contributed by atoms with Crippen molar-refractivity contribution in [1.82, 2.24) is 20.2 Å². The first kappa shape index (κ1) is 12.8. The van der Waals surface area contributed by atoms with E-state index in [2.05, 4.69) is 22.2 Å². The topological polar surface area (TPSA) is 84.1 Å². The molecule has 6 heteroatoms. The molecule has 1 aromatic heterocycles. The van der Waals surface area contributed by atoms with Gasteiger partial charge in [-0.2, -0.15) is 0 Å². The fourth-order valence-corrected chi connectivity index (χ4v) is 2.25. The first-order valence-electron chi connectivity index (χ1n) is 6.32. The molecule has 0 aromatic carbocycles. The van der Waals surface area contributed by atoms with E-state index in [0.717, 1.165) is 32.5 Å². The van der Waals surface area contributed by atoms with Crippen LogP contribution in [-0.2, 0) is 0 Å². The summed E-state index contributed by atoms with van der Waals surface area (Å²) in [5, 5.41) is 3.27. The second kappa shape index (κ2) is 5.77. The Balaban J connectivity index is 2.20. The second-order valence-corrected chi connectivity index (χ2v) is 4.44. The van der Waals surface area contributed by atoms with Crippen molar-refractivity contribution in [2.75, 3.05) is 25.4 Å². The number of nitrogens with two attached hydrogens (primary N) is 1. The number of nitrogens with one attached hydrogen (secondary N) is 1. The average Bonchev–Trinajstić information content (AvgIpc) is 2.89. The van der Waals surface area contributed by atoms with Crippen LogP contribution in [0.3, 0.4) is 0 Å². The maximum Gasteiger partial charge on any atom is 0.276 e. The maximum atomic E-state index is 12.5. The summed E-state index contributed by atoms with van der Waals surface area (Å²) in [7, 11) is 0. The van der Waals surface area contributed by atoms with Gasteiger partial charge in [0.1, 0.15) is 0 Å². The molecule has 2 rings (SSSR count). The zero-order chi connectivity index (χ0) is 13.0. The number of amides is 1. The van der Waals surface area contributed by atoms with Crippen molar-refractivity contribution in [3.05, 3.63) is 18.1 Å². The van der Waals surface area contributed by atoms with E-state index in [1.54, 1.807) is 0 Å². The van der Waals surface area contributed by atoms with Gasteiger partial charge in [-0.3, -0.25) is 4.79 Å². The molecule has 6 nitrogen and oxygen atoms in total. The SMILES string of the molecule is CCCN(C(=O)c1nccnc1N)C1CCNC1. The summed E-state index contributed by atoms with van der Waals surface area (Å²) in [5.74, 6) is 0.0886. The van der Waals surface area contributed by atoms with E-state index < -0.39 is 0 Å². The van der Waals surface area contributed by atoms with Gasteiger partial charge in [0.05, 0.1) is 0 Å². The highest BCUT2D eigenvalue weighted by Gasteiger charge is 2.28. The van der Waals surface area contributed by atoms with E-state index >= 15 is 0 Å². The monoisotopic (exact) mass is 249 g/mol. The summed E-state index contributed by atoms with van der Waals surface area (Å²) in [6.45, 7) is 4.57. The second-order valence-electron chi connectivity index (χ2n) is 4.44. The zero-order valence-corrected chi connectivity index (χ0v) is 10.6. The predicted octanol–water partition coefficient (Wildman–Crippen LogP) is 0.273. The average molecular weight is 249 g/mol. The molecule has 1 unspecified atom stereocenters. The number of hydrogen-bond donors (Lipinski definition) is 2. The normalized spacial score (nSPS) is 18.8. The van der Waals surface area contributed by atoms with Crippen LogP contribution in [0.5, 0.6) is 0 Å². The third-order valence-corrected chi connectivity index (χ3v) is 3.13. The van der Waals surface area contributed by atoms with Crippen molar-refractivity contribution in [3.8, 4) is 0 Å². The maximum absolute atomic E-state index is 12.5. The van der Waals surface area contributed by atoms with Gasteiger partial charge >= 0.3 is 0 Å². The number of aromatic nitrogens is 2. The lowest BCUT2D eigenvalue weighted by atomic mass is 10.2. The molecule has 3 N–H and O–H groups in total. The Morgan fingerprint density at radius 3 is 2.94 bits per heavy atom. The molecule has 1 aliphatic heterocycles. The molecule has 1 saturated heterocycles. The molecule has 1 fully saturated rings. The standard InChI is InChI=1S/C12H19N5O/c1-2-7-17(9-3-4-14-8-9)12(18)10-11(13)16-6-5-15-10/h5-6,9,14H,2-4,7-8H2,1H3,(H2,13,16). The highest BCUT2D eigenvalue weighted by atomic mass is 16.2. The Labute approximate surface area is 107 Å². The van der Waals surface area contributed by atoms with E-state index in [1.807, 2.05) is 4.90 Å². The van der Waals surface area contributed by atoms with Gasteiger partial charge in [-0.1, -0.05) is 6.92 Å². The molecule has 1 aliphatic rings. The number of carbonyl (C=O) groups is 1. The fourth-order valence-electron chi connectivity index (χ4n) is 2.25. The molecule has 98 valence electrons. The van der Waals surface area contributed by atoms with E-state index in [-0.39, 0.29) is 23.5 Å². The van der Waals surface area contributed by atoms with Gasteiger partial charge in [0.2, 0.25) is 0 Å². The molecule has 0 spiro atoms. The number of rotatable bonds is 4.